The largest absolute Gasteiger partial charge is 0.327 e. The Morgan fingerprint density at radius 3 is 2.68 bits per heavy atom. The van der Waals surface area contributed by atoms with Gasteiger partial charge in [-0.15, -0.1) is 0 Å². The van der Waals surface area contributed by atoms with Crippen LogP contribution in [0.3, 0.4) is 0 Å². The third kappa shape index (κ3) is 3.12. The zero-order valence-electron chi connectivity index (χ0n) is 11.8. The van der Waals surface area contributed by atoms with Crippen molar-refractivity contribution < 1.29 is 0 Å². The fourth-order valence-corrected chi connectivity index (χ4v) is 2.14. The summed E-state index contributed by atoms with van der Waals surface area (Å²) in [7, 11) is 0. The minimum Gasteiger partial charge on any atom is -0.327 e. The molecule has 0 bridgehead atoms. The molecular weight excluding hydrogens is 234 g/mol. The highest BCUT2D eigenvalue weighted by Gasteiger charge is 2.10. The lowest BCUT2D eigenvalue weighted by molar-refractivity contribution is 0.813. The van der Waals surface area contributed by atoms with Crippen LogP contribution in [0.1, 0.15) is 31.0 Å². The van der Waals surface area contributed by atoms with Crippen molar-refractivity contribution in [3.63, 3.8) is 0 Å². The van der Waals surface area contributed by atoms with E-state index in [0.717, 1.165) is 23.6 Å². The van der Waals surface area contributed by atoms with Crippen molar-refractivity contribution in [1.29, 1.82) is 0 Å². The van der Waals surface area contributed by atoms with Gasteiger partial charge in [0.2, 0.25) is 0 Å². The van der Waals surface area contributed by atoms with E-state index in [9.17, 15) is 0 Å². The van der Waals surface area contributed by atoms with Gasteiger partial charge in [-0.3, -0.25) is 0 Å². The highest BCUT2D eigenvalue weighted by Crippen LogP contribution is 2.25. The summed E-state index contributed by atoms with van der Waals surface area (Å²) in [5.74, 6) is 0.947. The number of nitrogens with zero attached hydrogens (tertiary/aromatic N) is 2. The van der Waals surface area contributed by atoms with Gasteiger partial charge in [0.1, 0.15) is 5.82 Å². The molecule has 0 saturated heterocycles. The number of hydrogen-bond acceptors (Lipinski definition) is 3. The number of benzene rings is 1. The molecular formula is C16H21N3. The Morgan fingerprint density at radius 1 is 1.26 bits per heavy atom. The van der Waals surface area contributed by atoms with Gasteiger partial charge in [0, 0.05) is 24.5 Å². The van der Waals surface area contributed by atoms with Gasteiger partial charge in [0.15, 0.2) is 0 Å². The Kier molecular flexibility index (Phi) is 4.17. The number of hydrogen-bond donors (Lipinski definition) is 1. The maximum absolute atomic E-state index is 5.94. The SMILES string of the molecule is CCN(c1cccc(C)c1)c1cc(C(C)N)ccn1. The summed E-state index contributed by atoms with van der Waals surface area (Å²) in [5.41, 5.74) is 9.46. The second-order valence-corrected chi connectivity index (χ2v) is 4.82. The molecule has 0 saturated carbocycles. The van der Waals surface area contributed by atoms with Crippen LogP contribution in [0.25, 0.3) is 0 Å². The van der Waals surface area contributed by atoms with Gasteiger partial charge < -0.3 is 10.6 Å². The van der Waals surface area contributed by atoms with E-state index in [1.807, 2.05) is 19.2 Å². The van der Waals surface area contributed by atoms with Crippen molar-refractivity contribution >= 4 is 11.5 Å². The molecule has 1 atom stereocenters. The van der Waals surface area contributed by atoms with Crippen LogP contribution >= 0.6 is 0 Å². The first kappa shape index (κ1) is 13.6. The van der Waals surface area contributed by atoms with E-state index in [-0.39, 0.29) is 6.04 Å². The molecule has 0 aliphatic carbocycles. The predicted octanol–water partition coefficient (Wildman–Crippen LogP) is 3.57. The third-order valence-electron chi connectivity index (χ3n) is 3.20. The molecule has 1 aromatic carbocycles. The van der Waals surface area contributed by atoms with Gasteiger partial charge in [-0.25, -0.2) is 4.98 Å². The molecule has 3 nitrogen and oxygen atoms in total. The zero-order valence-corrected chi connectivity index (χ0v) is 11.8. The van der Waals surface area contributed by atoms with E-state index >= 15 is 0 Å². The molecule has 0 radical (unpaired) electrons. The molecule has 0 spiro atoms. The highest BCUT2D eigenvalue weighted by atomic mass is 15.2. The molecule has 0 aliphatic heterocycles. The lowest BCUT2D eigenvalue weighted by Gasteiger charge is -2.23. The van der Waals surface area contributed by atoms with Crippen LogP contribution in [0.2, 0.25) is 0 Å². The van der Waals surface area contributed by atoms with Gasteiger partial charge in [0.05, 0.1) is 0 Å². The Bertz CT molecular complexity index is 549. The van der Waals surface area contributed by atoms with E-state index in [4.69, 9.17) is 5.73 Å². The zero-order chi connectivity index (χ0) is 13.8. The van der Waals surface area contributed by atoms with Crippen LogP contribution in [0.4, 0.5) is 11.5 Å². The molecule has 2 rings (SSSR count). The maximum Gasteiger partial charge on any atom is 0.133 e. The third-order valence-corrected chi connectivity index (χ3v) is 3.20. The summed E-state index contributed by atoms with van der Waals surface area (Å²) in [5, 5.41) is 0. The number of anilines is 2. The first-order valence-corrected chi connectivity index (χ1v) is 6.67. The Hall–Kier alpha value is -1.87. The van der Waals surface area contributed by atoms with E-state index in [2.05, 4.69) is 54.1 Å². The molecule has 0 aliphatic rings. The predicted molar refractivity (Wildman–Crippen MR) is 80.7 cm³/mol. The molecule has 1 unspecified atom stereocenters. The molecule has 1 aromatic heterocycles. The lowest BCUT2D eigenvalue weighted by atomic mass is 10.1. The van der Waals surface area contributed by atoms with E-state index in [1.54, 1.807) is 0 Å². The van der Waals surface area contributed by atoms with Gasteiger partial charge >= 0.3 is 0 Å². The second kappa shape index (κ2) is 5.85. The summed E-state index contributed by atoms with van der Waals surface area (Å²) in [4.78, 5) is 6.66. The van der Waals surface area contributed by atoms with Crippen molar-refractivity contribution in [3.8, 4) is 0 Å². The molecule has 0 amide bonds. The number of aromatic nitrogens is 1. The Labute approximate surface area is 115 Å². The van der Waals surface area contributed by atoms with Crippen molar-refractivity contribution in [2.75, 3.05) is 11.4 Å². The topological polar surface area (TPSA) is 42.1 Å². The van der Waals surface area contributed by atoms with Crippen molar-refractivity contribution in [1.82, 2.24) is 4.98 Å². The number of pyridine rings is 1. The van der Waals surface area contributed by atoms with Crippen LogP contribution in [-0.2, 0) is 0 Å². The molecule has 19 heavy (non-hydrogen) atoms. The van der Waals surface area contributed by atoms with E-state index in [1.165, 1.54) is 5.56 Å². The molecule has 1 heterocycles. The Morgan fingerprint density at radius 2 is 2.05 bits per heavy atom. The van der Waals surface area contributed by atoms with Crippen molar-refractivity contribution in [2.24, 2.45) is 5.73 Å². The van der Waals surface area contributed by atoms with Crippen LogP contribution in [0, 0.1) is 6.92 Å². The molecule has 2 aromatic rings. The lowest BCUT2D eigenvalue weighted by Crippen LogP contribution is -2.18. The first-order chi connectivity index (χ1) is 9.11. The van der Waals surface area contributed by atoms with Crippen molar-refractivity contribution in [3.05, 3.63) is 53.7 Å². The smallest absolute Gasteiger partial charge is 0.133 e. The minimum absolute atomic E-state index is 0.0259. The van der Waals surface area contributed by atoms with Crippen LogP contribution in [0.5, 0.6) is 0 Å². The van der Waals surface area contributed by atoms with Gasteiger partial charge in [-0.1, -0.05) is 12.1 Å². The summed E-state index contributed by atoms with van der Waals surface area (Å²) >= 11 is 0. The fraction of sp³-hybridized carbons (Fsp3) is 0.312. The molecule has 0 fully saturated rings. The normalized spacial score (nSPS) is 12.2. The molecule has 2 N–H and O–H groups in total. The van der Waals surface area contributed by atoms with E-state index < -0.39 is 0 Å². The monoisotopic (exact) mass is 255 g/mol. The van der Waals surface area contributed by atoms with Gasteiger partial charge in [-0.2, -0.15) is 0 Å². The second-order valence-electron chi connectivity index (χ2n) is 4.82. The number of nitrogens with two attached hydrogens (primary N) is 1. The fourth-order valence-electron chi connectivity index (χ4n) is 2.14. The van der Waals surface area contributed by atoms with Crippen LogP contribution in [-0.4, -0.2) is 11.5 Å². The average Bonchev–Trinajstić information content (AvgIpc) is 2.40. The van der Waals surface area contributed by atoms with Crippen molar-refractivity contribution in [2.45, 2.75) is 26.8 Å². The molecule has 100 valence electrons. The minimum atomic E-state index is 0.0259. The van der Waals surface area contributed by atoms with Crippen LogP contribution < -0.4 is 10.6 Å². The highest BCUT2D eigenvalue weighted by molar-refractivity contribution is 5.61. The van der Waals surface area contributed by atoms with Gasteiger partial charge in [0.25, 0.3) is 0 Å². The summed E-state index contributed by atoms with van der Waals surface area (Å²) in [6.45, 7) is 7.09. The molecule has 3 heteroatoms. The summed E-state index contributed by atoms with van der Waals surface area (Å²) < 4.78 is 0. The average molecular weight is 255 g/mol. The summed E-state index contributed by atoms with van der Waals surface area (Å²) in [6.07, 6.45) is 1.83. The maximum atomic E-state index is 5.94. The Balaban J connectivity index is 2.39. The number of rotatable bonds is 4. The quantitative estimate of drug-likeness (QED) is 0.908. The van der Waals surface area contributed by atoms with Crippen LogP contribution in [0.15, 0.2) is 42.6 Å². The van der Waals surface area contributed by atoms with E-state index in [0.29, 0.717) is 0 Å². The number of aryl methyl sites for hydroxylation is 1. The standard InChI is InChI=1S/C16H21N3/c1-4-19(15-7-5-6-12(2)10-15)16-11-14(13(3)17)8-9-18-16/h5-11,13H,4,17H2,1-3H3. The first-order valence-electron chi connectivity index (χ1n) is 6.67. The summed E-state index contributed by atoms with van der Waals surface area (Å²) in [6, 6.07) is 12.5. The van der Waals surface area contributed by atoms with Gasteiger partial charge in [-0.05, 0) is 56.2 Å².